The fourth-order valence-electron chi connectivity index (χ4n) is 1.49. The van der Waals surface area contributed by atoms with Crippen LogP contribution in [0.5, 0.6) is 0 Å². The Morgan fingerprint density at radius 1 is 1.17 bits per heavy atom. The summed E-state index contributed by atoms with van der Waals surface area (Å²) in [5.74, 6) is 0.799. The van der Waals surface area contributed by atoms with Crippen LogP contribution in [-0.4, -0.2) is 29.0 Å². The summed E-state index contributed by atoms with van der Waals surface area (Å²) in [5.41, 5.74) is 6.89. The summed E-state index contributed by atoms with van der Waals surface area (Å²) in [6.45, 7) is 1.69. The molecule has 18 heavy (non-hydrogen) atoms. The minimum Gasteiger partial charge on any atom is -0.368 e. The second-order valence-electron chi connectivity index (χ2n) is 4.18. The van der Waals surface area contributed by atoms with E-state index >= 15 is 0 Å². The average molecular weight is 247 g/mol. The molecule has 0 unspecified atom stereocenters. The number of rotatable bonds is 2. The van der Waals surface area contributed by atoms with Crippen LogP contribution >= 0.6 is 0 Å². The molecule has 0 fully saturated rings. The first-order valence-corrected chi connectivity index (χ1v) is 5.43. The van der Waals surface area contributed by atoms with Crippen LogP contribution in [-0.2, 0) is 0 Å². The molecule has 0 amide bonds. The molecule has 2 rings (SSSR count). The Kier molecular flexibility index (Phi) is 3.10. The third-order valence-corrected chi connectivity index (χ3v) is 2.46. The first-order valence-electron chi connectivity index (χ1n) is 5.43. The Balaban J connectivity index is 2.53. The van der Waals surface area contributed by atoms with Gasteiger partial charge in [0, 0.05) is 19.7 Å². The van der Waals surface area contributed by atoms with Gasteiger partial charge in [-0.2, -0.15) is 15.0 Å². The van der Waals surface area contributed by atoms with Crippen molar-refractivity contribution in [3.63, 3.8) is 0 Å². The third kappa shape index (κ3) is 2.37. The van der Waals surface area contributed by atoms with Crippen LogP contribution in [0, 0.1) is 12.7 Å². The predicted octanol–water partition coefficient (Wildman–Crippen LogP) is 1.63. The minimum absolute atomic E-state index is 0.144. The molecule has 0 saturated carbocycles. The Morgan fingerprint density at radius 3 is 2.50 bits per heavy atom. The zero-order chi connectivity index (χ0) is 13.3. The number of hydrogen-bond acceptors (Lipinski definition) is 5. The van der Waals surface area contributed by atoms with Gasteiger partial charge in [0.2, 0.25) is 11.9 Å². The van der Waals surface area contributed by atoms with Crippen molar-refractivity contribution in [3.8, 4) is 11.4 Å². The number of nitrogens with two attached hydrogens (primary N) is 1. The van der Waals surface area contributed by atoms with Crippen molar-refractivity contribution >= 4 is 11.9 Å². The average Bonchev–Trinajstić information content (AvgIpc) is 2.31. The number of nitrogens with zero attached hydrogens (tertiary/aromatic N) is 4. The number of benzene rings is 1. The molecule has 6 heteroatoms. The standard InChI is InChI=1S/C12H14FN5/c1-7-6-8(4-5-9(7)13)10-15-11(14)17-12(16-10)18(2)3/h4-6H,1-3H3,(H2,14,15,16,17). The van der Waals surface area contributed by atoms with Crippen molar-refractivity contribution in [1.29, 1.82) is 0 Å². The third-order valence-electron chi connectivity index (χ3n) is 2.46. The lowest BCUT2D eigenvalue weighted by Crippen LogP contribution is -2.15. The van der Waals surface area contributed by atoms with E-state index in [2.05, 4.69) is 15.0 Å². The van der Waals surface area contributed by atoms with Gasteiger partial charge in [0.05, 0.1) is 0 Å². The summed E-state index contributed by atoms with van der Waals surface area (Å²) in [4.78, 5) is 14.1. The maximum atomic E-state index is 13.2. The quantitative estimate of drug-likeness (QED) is 0.873. The highest BCUT2D eigenvalue weighted by Gasteiger charge is 2.09. The fourth-order valence-corrected chi connectivity index (χ4v) is 1.49. The van der Waals surface area contributed by atoms with Gasteiger partial charge in [-0.3, -0.25) is 0 Å². The van der Waals surface area contributed by atoms with Crippen LogP contribution in [0.3, 0.4) is 0 Å². The maximum absolute atomic E-state index is 13.2. The highest BCUT2D eigenvalue weighted by Crippen LogP contribution is 2.20. The molecule has 1 aromatic heterocycles. The van der Waals surface area contributed by atoms with Crippen LogP contribution in [0.15, 0.2) is 18.2 Å². The van der Waals surface area contributed by atoms with Gasteiger partial charge in [-0.25, -0.2) is 4.39 Å². The minimum atomic E-state index is -0.256. The van der Waals surface area contributed by atoms with E-state index in [1.54, 1.807) is 24.0 Å². The topological polar surface area (TPSA) is 67.9 Å². The summed E-state index contributed by atoms with van der Waals surface area (Å²) < 4.78 is 13.2. The Labute approximate surface area is 105 Å². The molecule has 2 N–H and O–H groups in total. The normalized spacial score (nSPS) is 10.4. The molecule has 0 atom stereocenters. The molecule has 0 saturated heterocycles. The Morgan fingerprint density at radius 2 is 1.89 bits per heavy atom. The van der Waals surface area contributed by atoms with Crippen molar-refractivity contribution in [2.45, 2.75) is 6.92 Å². The molecule has 0 spiro atoms. The van der Waals surface area contributed by atoms with E-state index in [1.807, 2.05) is 14.1 Å². The lowest BCUT2D eigenvalue weighted by atomic mass is 10.1. The van der Waals surface area contributed by atoms with Crippen LogP contribution in [0.25, 0.3) is 11.4 Å². The van der Waals surface area contributed by atoms with Gasteiger partial charge in [-0.1, -0.05) is 0 Å². The number of hydrogen-bond donors (Lipinski definition) is 1. The molecule has 0 radical (unpaired) electrons. The number of halogens is 1. The molecule has 0 aliphatic carbocycles. The van der Waals surface area contributed by atoms with Crippen LogP contribution in [0.2, 0.25) is 0 Å². The second kappa shape index (κ2) is 4.56. The second-order valence-corrected chi connectivity index (χ2v) is 4.18. The Bertz CT molecular complexity index is 583. The summed E-state index contributed by atoms with van der Waals surface area (Å²) in [5, 5.41) is 0. The molecular weight excluding hydrogens is 233 g/mol. The Hall–Kier alpha value is -2.24. The van der Waals surface area contributed by atoms with Crippen molar-refractivity contribution in [1.82, 2.24) is 15.0 Å². The van der Waals surface area contributed by atoms with Crippen LogP contribution in [0.1, 0.15) is 5.56 Å². The van der Waals surface area contributed by atoms with Crippen LogP contribution in [0.4, 0.5) is 16.3 Å². The van der Waals surface area contributed by atoms with E-state index in [9.17, 15) is 4.39 Å². The predicted molar refractivity (Wildman–Crippen MR) is 68.7 cm³/mol. The van der Waals surface area contributed by atoms with E-state index in [4.69, 9.17) is 5.73 Å². The number of aromatic nitrogens is 3. The zero-order valence-corrected chi connectivity index (χ0v) is 10.5. The summed E-state index contributed by atoms with van der Waals surface area (Å²) in [6.07, 6.45) is 0. The first-order chi connectivity index (χ1) is 8.47. The molecule has 2 aromatic rings. The first kappa shape index (κ1) is 12.2. The molecule has 0 aliphatic rings. The molecule has 1 aromatic carbocycles. The summed E-state index contributed by atoms with van der Waals surface area (Å²) >= 11 is 0. The van der Waals surface area contributed by atoms with Gasteiger partial charge >= 0.3 is 0 Å². The van der Waals surface area contributed by atoms with E-state index in [-0.39, 0.29) is 11.8 Å². The summed E-state index contributed by atoms with van der Waals surface area (Å²) in [7, 11) is 3.63. The van der Waals surface area contributed by atoms with Crippen LogP contribution < -0.4 is 10.6 Å². The van der Waals surface area contributed by atoms with Gasteiger partial charge < -0.3 is 10.6 Å². The highest BCUT2D eigenvalue weighted by atomic mass is 19.1. The van der Waals surface area contributed by atoms with Crippen molar-refractivity contribution < 1.29 is 4.39 Å². The molecule has 5 nitrogen and oxygen atoms in total. The lowest BCUT2D eigenvalue weighted by molar-refractivity contribution is 0.618. The van der Waals surface area contributed by atoms with E-state index in [0.717, 1.165) is 0 Å². The maximum Gasteiger partial charge on any atom is 0.230 e. The molecule has 0 bridgehead atoms. The van der Waals surface area contributed by atoms with E-state index in [1.165, 1.54) is 6.07 Å². The van der Waals surface area contributed by atoms with Gasteiger partial charge in [0.25, 0.3) is 0 Å². The molecule has 0 aliphatic heterocycles. The van der Waals surface area contributed by atoms with Gasteiger partial charge in [0.15, 0.2) is 5.82 Å². The largest absolute Gasteiger partial charge is 0.368 e. The molecule has 1 heterocycles. The lowest BCUT2D eigenvalue weighted by Gasteiger charge is -2.11. The number of nitrogen functional groups attached to an aromatic ring is 1. The van der Waals surface area contributed by atoms with Gasteiger partial charge in [-0.15, -0.1) is 0 Å². The van der Waals surface area contributed by atoms with E-state index in [0.29, 0.717) is 22.9 Å². The monoisotopic (exact) mass is 247 g/mol. The SMILES string of the molecule is Cc1cc(-c2nc(N)nc(N(C)C)n2)ccc1F. The number of aryl methyl sites for hydroxylation is 1. The van der Waals surface area contributed by atoms with Crippen molar-refractivity contribution in [3.05, 3.63) is 29.6 Å². The summed E-state index contributed by atoms with van der Waals surface area (Å²) in [6, 6.07) is 4.69. The number of anilines is 2. The van der Waals surface area contributed by atoms with E-state index < -0.39 is 0 Å². The van der Waals surface area contributed by atoms with Gasteiger partial charge in [0.1, 0.15) is 5.82 Å². The zero-order valence-electron chi connectivity index (χ0n) is 10.5. The molecular formula is C12H14FN5. The highest BCUT2D eigenvalue weighted by molar-refractivity contribution is 5.58. The van der Waals surface area contributed by atoms with Crippen molar-refractivity contribution in [2.24, 2.45) is 0 Å². The fraction of sp³-hybridized carbons (Fsp3) is 0.250. The smallest absolute Gasteiger partial charge is 0.230 e. The van der Waals surface area contributed by atoms with Crippen molar-refractivity contribution in [2.75, 3.05) is 24.7 Å². The molecule has 94 valence electrons. The van der Waals surface area contributed by atoms with Gasteiger partial charge in [-0.05, 0) is 30.7 Å².